The van der Waals surface area contributed by atoms with Gasteiger partial charge in [-0.15, -0.1) is 0 Å². The van der Waals surface area contributed by atoms with Gasteiger partial charge in [-0.05, 0) is 17.0 Å². The Morgan fingerprint density at radius 3 is 2.57 bits per heavy atom. The monoisotopic (exact) mass is 309 g/mol. The van der Waals surface area contributed by atoms with Crippen molar-refractivity contribution in [3.05, 3.63) is 71.3 Å². The number of benzene rings is 2. The maximum atomic E-state index is 12.2. The molecular weight excluding hydrogens is 284 g/mol. The van der Waals surface area contributed by atoms with Crippen LogP contribution >= 0.6 is 0 Å². The van der Waals surface area contributed by atoms with Gasteiger partial charge in [0, 0.05) is 18.5 Å². The molecule has 0 spiro atoms. The largest absolute Gasteiger partial charge is 0.351 e. The van der Waals surface area contributed by atoms with Crippen molar-refractivity contribution in [3.8, 4) is 0 Å². The van der Waals surface area contributed by atoms with Gasteiger partial charge < -0.3 is 10.2 Å². The Hall–Kier alpha value is -2.13. The van der Waals surface area contributed by atoms with E-state index >= 15 is 0 Å². The summed E-state index contributed by atoms with van der Waals surface area (Å²) in [7, 11) is 0. The molecule has 0 aromatic heterocycles. The Bertz CT molecular complexity index is 654. The topological polar surface area (TPSA) is 33.5 Å². The third-order valence-electron chi connectivity index (χ3n) is 4.69. The summed E-state index contributed by atoms with van der Waals surface area (Å²) in [5, 5.41) is 3.09. The minimum atomic E-state index is 0.155. The molecule has 0 saturated heterocycles. The van der Waals surface area contributed by atoms with E-state index in [1.807, 2.05) is 18.2 Å². The van der Waals surface area contributed by atoms with Crippen LogP contribution in [0.2, 0.25) is 0 Å². The Labute approximate surface area is 138 Å². The summed E-state index contributed by atoms with van der Waals surface area (Å²) in [5.41, 5.74) is 4.10. The zero-order valence-corrected chi connectivity index (χ0v) is 13.7. The maximum absolute atomic E-state index is 12.2. The Balaban J connectivity index is 1.47. The van der Waals surface area contributed by atoms with Crippen molar-refractivity contribution >= 4 is 5.91 Å². The van der Waals surface area contributed by atoms with Crippen LogP contribution in [-0.4, -0.2) is 25.5 Å². The number of carbonyl (C=O) groups excluding carboxylic acids is 1. The van der Waals surface area contributed by atoms with Crippen LogP contribution in [0.25, 0.3) is 0 Å². The molecule has 1 aliphatic rings. The van der Waals surface area contributed by atoms with Crippen LogP contribution < -0.4 is 10.2 Å². The van der Waals surface area contributed by atoms with Gasteiger partial charge in [-0.2, -0.15) is 0 Å². The van der Waals surface area contributed by atoms with E-state index in [9.17, 15) is 4.79 Å². The summed E-state index contributed by atoms with van der Waals surface area (Å²) >= 11 is 0. The van der Waals surface area contributed by atoms with E-state index in [1.165, 1.54) is 21.6 Å². The second kappa shape index (κ2) is 7.42. The zero-order valence-electron chi connectivity index (χ0n) is 13.7. The lowest BCUT2D eigenvalue weighted by molar-refractivity contribution is -0.908. The van der Waals surface area contributed by atoms with Crippen LogP contribution in [0.4, 0.5) is 0 Å². The first-order valence-electron chi connectivity index (χ1n) is 8.44. The van der Waals surface area contributed by atoms with Gasteiger partial charge in [-0.25, -0.2) is 0 Å². The minimum Gasteiger partial charge on any atom is -0.351 e. The molecule has 0 fully saturated rings. The van der Waals surface area contributed by atoms with Crippen molar-refractivity contribution < 1.29 is 9.69 Å². The van der Waals surface area contributed by atoms with Crippen LogP contribution in [0.15, 0.2) is 54.6 Å². The quantitative estimate of drug-likeness (QED) is 0.863. The molecule has 3 rings (SSSR count). The van der Waals surface area contributed by atoms with E-state index in [1.54, 1.807) is 0 Å². The molecule has 3 heteroatoms. The molecule has 1 heterocycles. The van der Waals surface area contributed by atoms with Gasteiger partial charge >= 0.3 is 0 Å². The van der Waals surface area contributed by atoms with Crippen LogP contribution in [0.3, 0.4) is 0 Å². The molecule has 2 atom stereocenters. The standard InChI is InChI=1S/C20H24N2O/c1-16(17-7-3-2-4-8-17)13-21-20(23)15-22-12-11-18-9-5-6-10-19(18)14-22/h2-10,16H,11-15H2,1H3,(H,21,23)/p+1/t16-/m0/s1. The fourth-order valence-corrected chi connectivity index (χ4v) is 3.25. The van der Waals surface area contributed by atoms with Gasteiger partial charge in [0.1, 0.15) is 6.54 Å². The van der Waals surface area contributed by atoms with E-state index in [0.717, 1.165) is 19.5 Å². The smallest absolute Gasteiger partial charge is 0.275 e. The predicted octanol–water partition coefficient (Wildman–Crippen LogP) is 1.55. The van der Waals surface area contributed by atoms with E-state index in [2.05, 4.69) is 48.6 Å². The summed E-state index contributed by atoms with van der Waals surface area (Å²) in [6, 6.07) is 18.9. The van der Waals surface area contributed by atoms with Gasteiger partial charge in [0.15, 0.2) is 6.54 Å². The number of quaternary nitrogens is 1. The first-order chi connectivity index (χ1) is 11.2. The van der Waals surface area contributed by atoms with E-state index in [4.69, 9.17) is 0 Å². The minimum absolute atomic E-state index is 0.155. The molecule has 2 aromatic rings. The number of hydrogen-bond acceptors (Lipinski definition) is 1. The SMILES string of the molecule is C[C@@H](CNC(=O)C[NH+]1CCc2ccccc2C1)c1ccccc1. The average molecular weight is 309 g/mol. The zero-order chi connectivity index (χ0) is 16.1. The third-order valence-corrected chi connectivity index (χ3v) is 4.69. The summed E-state index contributed by atoms with van der Waals surface area (Å²) < 4.78 is 0. The fraction of sp³-hybridized carbons (Fsp3) is 0.350. The molecule has 1 amide bonds. The highest BCUT2D eigenvalue weighted by Gasteiger charge is 2.21. The molecule has 2 aromatic carbocycles. The lowest BCUT2D eigenvalue weighted by atomic mass is 10.00. The summed E-state index contributed by atoms with van der Waals surface area (Å²) in [6.07, 6.45) is 1.07. The van der Waals surface area contributed by atoms with Crippen molar-refractivity contribution in [3.63, 3.8) is 0 Å². The fourth-order valence-electron chi connectivity index (χ4n) is 3.25. The number of fused-ring (bicyclic) bond motifs is 1. The summed E-state index contributed by atoms with van der Waals surface area (Å²) in [5.74, 6) is 0.499. The lowest BCUT2D eigenvalue weighted by Gasteiger charge is -2.25. The molecule has 0 radical (unpaired) electrons. The average Bonchev–Trinajstić information content (AvgIpc) is 2.60. The van der Waals surface area contributed by atoms with E-state index in [-0.39, 0.29) is 5.91 Å². The van der Waals surface area contributed by atoms with Gasteiger partial charge in [-0.3, -0.25) is 4.79 Å². The number of hydrogen-bond donors (Lipinski definition) is 2. The van der Waals surface area contributed by atoms with Gasteiger partial charge in [0.05, 0.1) is 6.54 Å². The molecule has 0 aliphatic carbocycles. The van der Waals surface area contributed by atoms with Crippen molar-refractivity contribution in [2.45, 2.75) is 25.8 Å². The Morgan fingerprint density at radius 2 is 1.78 bits per heavy atom. The van der Waals surface area contributed by atoms with Crippen LogP contribution in [0, 0.1) is 0 Å². The van der Waals surface area contributed by atoms with Gasteiger partial charge in [0.25, 0.3) is 5.91 Å². The second-order valence-corrected chi connectivity index (χ2v) is 6.49. The number of carbonyl (C=O) groups is 1. The van der Waals surface area contributed by atoms with Crippen molar-refractivity contribution in [1.29, 1.82) is 0 Å². The highest BCUT2D eigenvalue weighted by molar-refractivity contribution is 5.76. The molecule has 1 unspecified atom stereocenters. The molecule has 23 heavy (non-hydrogen) atoms. The molecular formula is C20H25N2O+. The highest BCUT2D eigenvalue weighted by Crippen LogP contribution is 2.13. The Kier molecular flexibility index (Phi) is 5.09. The van der Waals surface area contributed by atoms with E-state index < -0.39 is 0 Å². The van der Waals surface area contributed by atoms with Crippen LogP contribution in [-0.2, 0) is 17.8 Å². The number of nitrogens with one attached hydrogen (secondary N) is 2. The number of amides is 1. The van der Waals surface area contributed by atoms with Gasteiger partial charge in [-0.1, -0.05) is 61.5 Å². The summed E-state index contributed by atoms with van der Waals surface area (Å²) in [6.45, 7) is 5.42. The normalized spacial score (nSPS) is 18.0. The third kappa shape index (κ3) is 4.20. The van der Waals surface area contributed by atoms with E-state index in [0.29, 0.717) is 19.0 Å². The molecule has 120 valence electrons. The van der Waals surface area contributed by atoms with Crippen molar-refractivity contribution in [2.75, 3.05) is 19.6 Å². The lowest BCUT2D eigenvalue weighted by Crippen LogP contribution is -3.12. The second-order valence-electron chi connectivity index (χ2n) is 6.49. The molecule has 3 nitrogen and oxygen atoms in total. The number of rotatable bonds is 5. The van der Waals surface area contributed by atoms with Crippen LogP contribution in [0.1, 0.15) is 29.5 Å². The predicted molar refractivity (Wildman–Crippen MR) is 92.4 cm³/mol. The van der Waals surface area contributed by atoms with Crippen molar-refractivity contribution in [1.82, 2.24) is 5.32 Å². The molecule has 0 bridgehead atoms. The van der Waals surface area contributed by atoms with Crippen LogP contribution in [0.5, 0.6) is 0 Å². The molecule has 0 saturated carbocycles. The van der Waals surface area contributed by atoms with Crippen molar-refractivity contribution in [2.24, 2.45) is 0 Å². The van der Waals surface area contributed by atoms with Gasteiger partial charge in [0.2, 0.25) is 0 Å². The summed E-state index contributed by atoms with van der Waals surface area (Å²) in [4.78, 5) is 13.6. The maximum Gasteiger partial charge on any atom is 0.275 e. The molecule has 2 N–H and O–H groups in total. The first kappa shape index (κ1) is 15.8. The first-order valence-corrected chi connectivity index (χ1v) is 8.44. The Morgan fingerprint density at radius 1 is 1.09 bits per heavy atom. The molecule has 1 aliphatic heterocycles. The highest BCUT2D eigenvalue weighted by atomic mass is 16.2.